The molecule has 1 N–H and O–H groups in total. The Morgan fingerprint density at radius 2 is 1.23 bits per heavy atom. The van der Waals surface area contributed by atoms with Gasteiger partial charge in [0.25, 0.3) is 5.91 Å². The van der Waals surface area contributed by atoms with Gasteiger partial charge in [0, 0.05) is 17.1 Å². The van der Waals surface area contributed by atoms with E-state index >= 15 is 0 Å². The summed E-state index contributed by atoms with van der Waals surface area (Å²) in [5, 5.41) is 3.95. The van der Waals surface area contributed by atoms with Crippen LogP contribution < -0.4 is 10.3 Å². The first-order chi connectivity index (χ1) is 15.2. The van der Waals surface area contributed by atoms with Gasteiger partial charge in [0.15, 0.2) is 0 Å². The first-order valence-corrected chi connectivity index (χ1v) is 9.80. The van der Waals surface area contributed by atoms with Gasteiger partial charge in [-0.3, -0.25) is 4.79 Å². The van der Waals surface area contributed by atoms with Crippen molar-refractivity contribution in [2.45, 2.75) is 0 Å². The van der Waals surface area contributed by atoms with E-state index in [1.165, 1.54) is 24.4 Å². The fourth-order valence-corrected chi connectivity index (χ4v) is 3.18. The van der Waals surface area contributed by atoms with Crippen LogP contribution in [-0.2, 0) is 0 Å². The van der Waals surface area contributed by atoms with Crippen LogP contribution in [0.1, 0.15) is 15.9 Å². The molecule has 0 saturated heterocycles. The standard InChI is InChI=1S/C26H20FN3O/c27-25-14-8-7-13-24(25)26(31)29-28-19-20-15-17-23(18-16-20)30(21-9-3-1-4-10-21)22-11-5-2-6-12-22/h1-19H,(H,29,31). The summed E-state index contributed by atoms with van der Waals surface area (Å²) in [6.45, 7) is 0. The predicted molar refractivity (Wildman–Crippen MR) is 123 cm³/mol. The molecule has 152 valence electrons. The lowest BCUT2D eigenvalue weighted by atomic mass is 10.1. The monoisotopic (exact) mass is 409 g/mol. The number of anilines is 3. The minimum absolute atomic E-state index is 0.0450. The Balaban J connectivity index is 1.52. The molecule has 4 nitrogen and oxygen atoms in total. The van der Waals surface area contributed by atoms with Crippen LogP contribution in [-0.4, -0.2) is 12.1 Å². The Labute approximate surface area is 180 Å². The van der Waals surface area contributed by atoms with Gasteiger partial charge < -0.3 is 4.90 Å². The molecule has 0 saturated carbocycles. The van der Waals surface area contributed by atoms with Crippen molar-refractivity contribution >= 4 is 29.2 Å². The van der Waals surface area contributed by atoms with E-state index in [9.17, 15) is 9.18 Å². The molecule has 0 heterocycles. The Hall–Kier alpha value is -4.25. The van der Waals surface area contributed by atoms with Gasteiger partial charge in [-0.05, 0) is 54.1 Å². The molecule has 4 rings (SSSR count). The summed E-state index contributed by atoms with van der Waals surface area (Å²) in [6, 6.07) is 33.8. The van der Waals surface area contributed by atoms with Crippen LogP contribution in [0, 0.1) is 5.82 Å². The van der Waals surface area contributed by atoms with Gasteiger partial charge in [0.2, 0.25) is 0 Å². The molecule has 0 spiro atoms. The number of rotatable bonds is 6. The molecule has 5 heteroatoms. The van der Waals surface area contributed by atoms with Crippen LogP contribution in [0.5, 0.6) is 0 Å². The Morgan fingerprint density at radius 1 is 0.710 bits per heavy atom. The summed E-state index contributed by atoms with van der Waals surface area (Å²) in [7, 11) is 0. The average molecular weight is 409 g/mol. The first-order valence-electron chi connectivity index (χ1n) is 9.80. The molecule has 0 aromatic heterocycles. The molecule has 0 aliphatic heterocycles. The number of hydrogen-bond donors (Lipinski definition) is 1. The van der Waals surface area contributed by atoms with Gasteiger partial charge in [0.05, 0.1) is 11.8 Å². The van der Waals surface area contributed by atoms with Crippen molar-refractivity contribution in [1.29, 1.82) is 0 Å². The zero-order valence-corrected chi connectivity index (χ0v) is 16.7. The van der Waals surface area contributed by atoms with Crippen LogP contribution in [0.2, 0.25) is 0 Å². The third-order valence-corrected chi connectivity index (χ3v) is 4.68. The average Bonchev–Trinajstić information content (AvgIpc) is 2.82. The second kappa shape index (κ2) is 9.50. The summed E-state index contributed by atoms with van der Waals surface area (Å²) in [6.07, 6.45) is 1.53. The maximum absolute atomic E-state index is 13.7. The van der Waals surface area contributed by atoms with Crippen LogP contribution in [0.15, 0.2) is 114 Å². The van der Waals surface area contributed by atoms with Crippen LogP contribution >= 0.6 is 0 Å². The summed E-state index contributed by atoms with van der Waals surface area (Å²) < 4.78 is 13.7. The smallest absolute Gasteiger partial charge is 0.274 e. The highest BCUT2D eigenvalue weighted by atomic mass is 19.1. The number of nitrogens with zero attached hydrogens (tertiary/aromatic N) is 2. The lowest BCUT2D eigenvalue weighted by Crippen LogP contribution is -2.18. The molecule has 0 unspecified atom stereocenters. The van der Waals surface area contributed by atoms with Crippen molar-refractivity contribution in [2.24, 2.45) is 5.10 Å². The van der Waals surface area contributed by atoms with E-state index in [1.807, 2.05) is 60.7 Å². The number of carbonyl (C=O) groups is 1. The normalized spacial score (nSPS) is 10.7. The van der Waals surface area contributed by atoms with Crippen LogP contribution in [0.4, 0.5) is 21.5 Å². The van der Waals surface area contributed by atoms with Crippen molar-refractivity contribution in [3.8, 4) is 0 Å². The molecule has 0 aliphatic rings. The highest BCUT2D eigenvalue weighted by molar-refractivity contribution is 5.95. The van der Waals surface area contributed by atoms with E-state index in [-0.39, 0.29) is 5.56 Å². The number of hydrazone groups is 1. The van der Waals surface area contributed by atoms with Crippen LogP contribution in [0.3, 0.4) is 0 Å². The van der Waals surface area contributed by atoms with Gasteiger partial charge in [0.1, 0.15) is 5.82 Å². The van der Waals surface area contributed by atoms with Crippen molar-refractivity contribution in [3.05, 3.63) is 126 Å². The number of halogens is 1. The first kappa shape index (κ1) is 20.0. The quantitative estimate of drug-likeness (QED) is 0.311. The lowest BCUT2D eigenvalue weighted by Gasteiger charge is -2.25. The van der Waals surface area contributed by atoms with Crippen molar-refractivity contribution < 1.29 is 9.18 Å². The van der Waals surface area contributed by atoms with Crippen LogP contribution in [0.25, 0.3) is 0 Å². The number of para-hydroxylation sites is 2. The molecular weight excluding hydrogens is 389 g/mol. The molecule has 0 aliphatic carbocycles. The summed E-state index contributed by atoms with van der Waals surface area (Å²) in [5.41, 5.74) is 6.20. The third-order valence-electron chi connectivity index (χ3n) is 4.68. The highest BCUT2D eigenvalue weighted by Gasteiger charge is 2.11. The fourth-order valence-electron chi connectivity index (χ4n) is 3.18. The molecule has 0 fully saturated rings. The molecule has 31 heavy (non-hydrogen) atoms. The van der Waals surface area contributed by atoms with Gasteiger partial charge in [-0.1, -0.05) is 60.7 Å². The van der Waals surface area contributed by atoms with Crippen molar-refractivity contribution in [3.63, 3.8) is 0 Å². The molecule has 4 aromatic rings. The fraction of sp³-hybridized carbons (Fsp3) is 0. The van der Waals surface area contributed by atoms with E-state index in [1.54, 1.807) is 6.07 Å². The maximum atomic E-state index is 13.7. The Morgan fingerprint density at radius 3 is 1.81 bits per heavy atom. The molecular formula is C26H20FN3O. The highest BCUT2D eigenvalue weighted by Crippen LogP contribution is 2.33. The SMILES string of the molecule is O=C(NN=Cc1ccc(N(c2ccccc2)c2ccccc2)cc1)c1ccccc1F. The number of carbonyl (C=O) groups excluding carboxylic acids is 1. The number of nitrogens with one attached hydrogen (secondary N) is 1. The van der Waals surface area contributed by atoms with Gasteiger partial charge in [-0.15, -0.1) is 0 Å². The Bertz CT molecular complexity index is 1140. The third kappa shape index (κ3) is 4.85. The molecule has 0 radical (unpaired) electrons. The zero-order valence-electron chi connectivity index (χ0n) is 16.7. The van der Waals surface area contributed by atoms with Gasteiger partial charge >= 0.3 is 0 Å². The van der Waals surface area contributed by atoms with E-state index in [0.29, 0.717) is 0 Å². The second-order valence-corrected chi connectivity index (χ2v) is 6.78. The van der Waals surface area contributed by atoms with E-state index in [4.69, 9.17) is 0 Å². The summed E-state index contributed by atoms with van der Waals surface area (Å²) in [4.78, 5) is 14.2. The van der Waals surface area contributed by atoms with Crippen molar-refractivity contribution in [1.82, 2.24) is 5.43 Å². The predicted octanol–water partition coefficient (Wildman–Crippen LogP) is 6.06. The number of hydrogen-bond acceptors (Lipinski definition) is 3. The molecule has 0 bridgehead atoms. The van der Waals surface area contributed by atoms with E-state index < -0.39 is 11.7 Å². The summed E-state index contributed by atoms with van der Waals surface area (Å²) in [5.74, 6) is -1.17. The minimum Gasteiger partial charge on any atom is -0.311 e. The van der Waals surface area contributed by atoms with E-state index in [0.717, 1.165) is 22.6 Å². The van der Waals surface area contributed by atoms with Gasteiger partial charge in [-0.25, -0.2) is 9.82 Å². The number of amides is 1. The number of benzene rings is 4. The van der Waals surface area contributed by atoms with E-state index in [2.05, 4.69) is 39.7 Å². The summed E-state index contributed by atoms with van der Waals surface area (Å²) >= 11 is 0. The molecule has 4 aromatic carbocycles. The zero-order chi connectivity index (χ0) is 21.5. The van der Waals surface area contributed by atoms with Crippen molar-refractivity contribution in [2.75, 3.05) is 4.90 Å². The minimum atomic E-state index is -0.592. The second-order valence-electron chi connectivity index (χ2n) is 6.78. The largest absolute Gasteiger partial charge is 0.311 e. The maximum Gasteiger partial charge on any atom is 0.274 e. The lowest BCUT2D eigenvalue weighted by molar-refractivity contribution is 0.0951. The molecule has 0 atom stereocenters. The molecule has 1 amide bonds. The Kier molecular flexibility index (Phi) is 6.14. The topological polar surface area (TPSA) is 44.7 Å². The van der Waals surface area contributed by atoms with Gasteiger partial charge in [-0.2, -0.15) is 5.10 Å².